The van der Waals surface area contributed by atoms with Crippen LogP contribution in [0.15, 0.2) is 42.5 Å². The van der Waals surface area contributed by atoms with E-state index < -0.39 is 12.0 Å². The molecule has 0 saturated carbocycles. The SMILES string of the molecule is NC(=O)c1ccc(CN2CC[C@@H](c3ccc4c(c3)OCO4)[C@H](O)C2)cc1. The predicted molar refractivity (Wildman–Crippen MR) is 96.2 cm³/mol. The summed E-state index contributed by atoms with van der Waals surface area (Å²) in [6.45, 7) is 2.50. The van der Waals surface area contributed by atoms with Crippen LogP contribution in [0.5, 0.6) is 11.5 Å². The molecule has 2 atom stereocenters. The zero-order chi connectivity index (χ0) is 18.1. The molecule has 1 fully saturated rings. The molecule has 0 aliphatic carbocycles. The second kappa shape index (κ2) is 6.97. The minimum absolute atomic E-state index is 0.0954. The lowest BCUT2D eigenvalue weighted by atomic mass is 9.86. The number of primary amides is 1. The number of aliphatic hydroxyl groups is 1. The summed E-state index contributed by atoms with van der Waals surface area (Å²) in [5.41, 5.74) is 7.97. The van der Waals surface area contributed by atoms with Gasteiger partial charge in [-0.15, -0.1) is 0 Å². The molecule has 1 amide bonds. The number of rotatable bonds is 4. The Balaban J connectivity index is 1.39. The van der Waals surface area contributed by atoms with Gasteiger partial charge in [0.15, 0.2) is 11.5 Å². The van der Waals surface area contributed by atoms with E-state index in [-0.39, 0.29) is 12.7 Å². The molecule has 2 aliphatic rings. The van der Waals surface area contributed by atoms with Crippen molar-refractivity contribution in [1.82, 2.24) is 4.90 Å². The second-order valence-electron chi connectivity index (χ2n) is 6.87. The van der Waals surface area contributed by atoms with Crippen molar-refractivity contribution in [2.75, 3.05) is 19.9 Å². The van der Waals surface area contributed by atoms with E-state index in [1.165, 1.54) is 0 Å². The van der Waals surface area contributed by atoms with E-state index in [9.17, 15) is 9.90 Å². The van der Waals surface area contributed by atoms with E-state index in [0.29, 0.717) is 12.1 Å². The summed E-state index contributed by atoms with van der Waals surface area (Å²) in [6, 6.07) is 13.2. The summed E-state index contributed by atoms with van der Waals surface area (Å²) >= 11 is 0. The molecule has 0 aromatic heterocycles. The van der Waals surface area contributed by atoms with E-state index in [0.717, 1.165) is 42.1 Å². The Morgan fingerprint density at radius 2 is 1.92 bits per heavy atom. The Morgan fingerprint density at radius 1 is 1.15 bits per heavy atom. The molecule has 6 nitrogen and oxygen atoms in total. The van der Waals surface area contributed by atoms with E-state index in [2.05, 4.69) is 4.90 Å². The first-order chi connectivity index (χ1) is 12.6. The van der Waals surface area contributed by atoms with Gasteiger partial charge in [0.05, 0.1) is 6.10 Å². The van der Waals surface area contributed by atoms with E-state index in [1.54, 1.807) is 12.1 Å². The Morgan fingerprint density at radius 3 is 2.65 bits per heavy atom. The first-order valence-corrected chi connectivity index (χ1v) is 8.79. The Kier molecular flexibility index (Phi) is 4.53. The van der Waals surface area contributed by atoms with E-state index in [4.69, 9.17) is 15.2 Å². The summed E-state index contributed by atoms with van der Waals surface area (Å²) in [4.78, 5) is 13.4. The molecule has 4 rings (SSSR count). The van der Waals surface area contributed by atoms with Crippen LogP contribution in [-0.2, 0) is 6.54 Å². The smallest absolute Gasteiger partial charge is 0.248 e. The first-order valence-electron chi connectivity index (χ1n) is 8.79. The molecule has 0 radical (unpaired) electrons. The maximum Gasteiger partial charge on any atom is 0.248 e. The van der Waals surface area contributed by atoms with Gasteiger partial charge in [0.25, 0.3) is 0 Å². The van der Waals surface area contributed by atoms with Gasteiger partial charge in [-0.05, 0) is 48.4 Å². The van der Waals surface area contributed by atoms with Crippen LogP contribution in [0.4, 0.5) is 0 Å². The van der Waals surface area contributed by atoms with Gasteiger partial charge in [-0.25, -0.2) is 0 Å². The molecule has 6 heteroatoms. The van der Waals surface area contributed by atoms with Crippen molar-refractivity contribution in [3.63, 3.8) is 0 Å². The van der Waals surface area contributed by atoms with Crippen LogP contribution in [0, 0.1) is 0 Å². The maximum atomic E-state index is 11.1. The molecule has 0 spiro atoms. The van der Waals surface area contributed by atoms with Gasteiger partial charge in [0, 0.05) is 24.6 Å². The minimum atomic E-state index is -0.436. The van der Waals surface area contributed by atoms with Crippen LogP contribution >= 0.6 is 0 Å². The molecule has 0 unspecified atom stereocenters. The van der Waals surface area contributed by atoms with Gasteiger partial charge in [0.2, 0.25) is 12.7 Å². The Hall–Kier alpha value is -2.57. The van der Waals surface area contributed by atoms with Crippen LogP contribution in [0.25, 0.3) is 0 Å². The van der Waals surface area contributed by atoms with Crippen molar-refractivity contribution >= 4 is 5.91 Å². The highest BCUT2D eigenvalue weighted by molar-refractivity contribution is 5.92. The van der Waals surface area contributed by atoms with Gasteiger partial charge >= 0.3 is 0 Å². The van der Waals surface area contributed by atoms with Gasteiger partial charge < -0.3 is 20.3 Å². The lowest BCUT2D eigenvalue weighted by molar-refractivity contribution is 0.0476. The number of benzene rings is 2. The Bertz CT molecular complexity index is 806. The van der Waals surface area contributed by atoms with Gasteiger partial charge in [-0.1, -0.05) is 18.2 Å². The maximum absolute atomic E-state index is 11.1. The number of nitrogens with two attached hydrogens (primary N) is 1. The Labute approximate surface area is 152 Å². The molecular formula is C20H22N2O4. The third-order valence-electron chi connectivity index (χ3n) is 5.14. The molecule has 26 heavy (non-hydrogen) atoms. The van der Waals surface area contributed by atoms with Crippen LogP contribution in [0.3, 0.4) is 0 Å². The number of amides is 1. The van der Waals surface area contributed by atoms with Gasteiger partial charge in [-0.3, -0.25) is 9.69 Å². The van der Waals surface area contributed by atoms with Crippen LogP contribution in [0.1, 0.15) is 33.8 Å². The number of carbonyl (C=O) groups excluding carboxylic acids is 1. The molecule has 2 aromatic carbocycles. The largest absolute Gasteiger partial charge is 0.454 e. The number of β-amino-alcohol motifs (C(OH)–C–C–N with tert-alkyl or cyclic N) is 1. The predicted octanol–water partition coefficient (Wildman–Crippen LogP) is 1.86. The van der Waals surface area contributed by atoms with Crippen molar-refractivity contribution in [2.24, 2.45) is 5.73 Å². The summed E-state index contributed by atoms with van der Waals surface area (Å²) < 4.78 is 10.8. The molecule has 2 aromatic rings. The van der Waals surface area contributed by atoms with Crippen molar-refractivity contribution in [1.29, 1.82) is 0 Å². The molecular weight excluding hydrogens is 332 g/mol. The highest BCUT2D eigenvalue weighted by atomic mass is 16.7. The molecule has 2 aliphatic heterocycles. The fourth-order valence-electron chi connectivity index (χ4n) is 3.71. The van der Waals surface area contributed by atoms with Crippen molar-refractivity contribution in [3.05, 3.63) is 59.2 Å². The number of hydrogen-bond donors (Lipinski definition) is 2. The summed E-state index contributed by atoms with van der Waals surface area (Å²) in [6.07, 6.45) is 0.439. The number of aliphatic hydroxyl groups excluding tert-OH is 1. The molecule has 1 saturated heterocycles. The van der Waals surface area contributed by atoms with Crippen molar-refractivity contribution in [2.45, 2.75) is 25.0 Å². The first kappa shape index (κ1) is 16.9. The van der Waals surface area contributed by atoms with Gasteiger partial charge in [0.1, 0.15) is 0 Å². The highest BCUT2D eigenvalue weighted by Gasteiger charge is 2.30. The van der Waals surface area contributed by atoms with E-state index in [1.807, 2.05) is 30.3 Å². The normalized spacial score (nSPS) is 22.3. The fourth-order valence-corrected chi connectivity index (χ4v) is 3.71. The number of carbonyl (C=O) groups is 1. The zero-order valence-corrected chi connectivity index (χ0v) is 14.4. The summed E-state index contributed by atoms with van der Waals surface area (Å²) in [5, 5.41) is 10.7. The second-order valence-corrected chi connectivity index (χ2v) is 6.87. The number of hydrogen-bond acceptors (Lipinski definition) is 5. The third-order valence-corrected chi connectivity index (χ3v) is 5.14. The number of piperidine rings is 1. The molecule has 0 bridgehead atoms. The number of ether oxygens (including phenoxy) is 2. The fraction of sp³-hybridized carbons (Fsp3) is 0.350. The van der Waals surface area contributed by atoms with Crippen LogP contribution < -0.4 is 15.2 Å². The number of fused-ring (bicyclic) bond motifs is 1. The standard InChI is InChI=1S/C20H22N2O4/c21-20(24)14-3-1-13(2-4-14)10-22-8-7-16(17(23)11-22)15-5-6-18-19(9-15)26-12-25-18/h1-6,9,16-17,23H,7-8,10-12H2,(H2,21,24)/t16-,17+/m0/s1. The van der Waals surface area contributed by atoms with Crippen LogP contribution in [-0.4, -0.2) is 41.9 Å². The van der Waals surface area contributed by atoms with E-state index >= 15 is 0 Å². The van der Waals surface area contributed by atoms with Crippen LogP contribution in [0.2, 0.25) is 0 Å². The number of nitrogens with zero attached hydrogens (tertiary/aromatic N) is 1. The lowest BCUT2D eigenvalue weighted by Gasteiger charge is -2.36. The zero-order valence-electron chi connectivity index (χ0n) is 14.4. The molecule has 136 valence electrons. The minimum Gasteiger partial charge on any atom is -0.454 e. The topological polar surface area (TPSA) is 85.0 Å². The van der Waals surface area contributed by atoms with Crippen molar-refractivity contribution < 1.29 is 19.4 Å². The summed E-state index contributed by atoms with van der Waals surface area (Å²) in [5.74, 6) is 1.20. The summed E-state index contributed by atoms with van der Waals surface area (Å²) in [7, 11) is 0. The van der Waals surface area contributed by atoms with Gasteiger partial charge in [-0.2, -0.15) is 0 Å². The third kappa shape index (κ3) is 3.38. The number of likely N-dealkylation sites (tertiary alicyclic amines) is 1. The highest BCUT2D eigenvalue weighted by Crippen LogP contribution is 2.37. The average Bonchev–Trinajstić information content (AvgIpc) is 3.10. The molecule has 2 heterocycles. The monoisotopic (exact) mass is 354 g/mol. The molecule has 3 N–H and O–H groups in total. The lowest BCUT2D eigenvalue weighted by Crippen LogP contribution is -2.42. The van der Waals surface area contributed by atoms with Crippen molar-refractivity contribution in [3.8, 4) is 11.5 Å². The average molecular weight is 354 g/mol. The quantitative estimate of drug-likeness (QED) is 0.875.